The van der Waals surface area contributed by atoms with E-state index >= 15 is 0 Å². The number of hydrogen-bond donors (Lipinski definition) is 1. The van der Waals surface area contributed by atoms with Gasteiger partial charge in [0.25, 0.3) is 0 Å². The number of nitrogens with zero attached hydrogens (tertiary/aromatic N) is 3. The van der Waals surface area contributed by atoms with Crippen molar-refractivity contribution in [2.45, 2.75) is 19.9 Å². The molecular weight excluding hydrogens is 300 g/mol. The SMILES string of the molecule is Cc1cc2c(N3CC(=O)NC(=O)C3C)nc(Cl)nc2s1. The zero-order valence-electron chi connectivity index (χ0n) is 10.8. The van der Waals surface area contributed by atoms with Crippen LogP contribution in [0.4, 0.5) is 5.82 Å². The first kappa shape index (κ1) is 13.3. The fourth-order valence-electron chi connectivity index (χ4n) is 2.19. The van der Waals surface area contributed by atoms with Gasteiger partial charge in [0.1, 0.15) is 16.7 Å². The number of amides is 2. The number of hydrogen-bond acceptors (Lipinski definition) is 6. The highest BCUT2D eigenvalue weighted by Crippen LogP contribution is 2.32. The molecule has 0 aliphatic carbocycles. The van der Waals surface area contributed by atoms with E-state index in [0.29, 0.717) is 5.82 Å². The van der Waals surface area contributed by atoms with Crippen LogP contribution in [0.5, 0.6) is 0 Å². The highest BCUT2D eigenvalue weighted by atomic mass is 35.5. The number of thiophene rings is 1. The Labute approximate surface area is 123 Å². The number of aryl methyl sites for hydroxylation is 1. The van der Waals surface area contributed by atoms with Gasteiger partial charge in [-0.05, 0) is 31.5 Å². The minimum Gasteiger partial charge on any atom is -0.335 e. The Morgan fingerprint density at radius 1 is 1.45 bits per heavy atom. The van der Waals surface area contributed by atoms with E-state index in [1.807, 2.05) is 13.0 Å². The lowest BCUT2D eigenvalue weighted by atomic mass is 10.2. The van der Waals surface area contributed by atoms with E-state index in [9.17, 15) is 9.59 Å². The Hall–Kier alpha value is -1.73. The maximum absolute atomic E-state index is 11.8. The summed E-state index contributed by atoms with van der Waals surface area (Å²) in [7, 11) is 0. The first-order chi connectivity index (χ1) is 9.45. The average Bonchev–Trinajstić information content (AvgIpc) is 2.73. The number of carbonyl (C=O) groups is 2. The molecule has 8 heteroatoms. The number of aromatic nitrogens is 2. The molecule has 2 aromatic heterocycles. The number of rotatable bonds is 1. The second kappa shape index (κ2) is 4.68. The van der Waals surface area contributed by atoms with Crippen molar-refractivity contribution in [3.63, 3.8) is 0 Å². The molecule has 0 aromatic carbocycles. The van der Waals surface area contributed by atoms with E-state index in [1.165, 1.54) is 11.3 Å². The van der Waals surface area contributed by atoms with Gasteiger partial charge in [-0.2, -0.15) is 4.98 Å². The second-order valence-electron chi connectivity index (χ2n) is 4.61. The topological polar surface area (TPSA) is 75.2 Å². The standard InChI is InChI=1S/C12H11ClN4O2S/c1-5-3-7-9(15-12(13)16-11(7)20-5)17-4-8(18)14-10(19)6(17)2/h3,6H,4H2,1-2H3,(H,14,18,19). The van der Waals surface area contributed by atoms with Crippen molar-refractivity contribution in [3.05, 3.63) is 16.2 Å². The summed E-state index contributed by atoms with van der Waals surface area (Å²) >= 11 is 7.44. The van der Waals surface area contributed by atoms with Gasteiger partial charge in [0.05, 0.1) is 11.9 Å². The van der Waals surface area contributed by atoms with Gasteiger partial charge in [-0.1, -0.05) is 0 Å². The van der Waals surface area contributed by atoms with E-state index in [0.717, 1.165) is 15.1 Å². The van der Waals surface area contributed by atoms with E-state index in [4.69, 9.17) is 11.6 Å². The lowest BCUT2D eigenvalue weighted by Crippen LogP contribution is -2.57. The molecule has 0 radical (unpaired) electrons. The van der Waals surface area contributed by atoms with Crippen LogP contribution in [-0.2, 0) is 9.59 Å². The predicted molar refractivity (Wildman–Crippen MR) is 77.1 cm³/mol. The van der Waals surface area contributed by atoms with E-state index in [-0.39, 0.29) is 23.6 Å². The summed E-state index contributed by atoms with van der Waals surface area (Å²) in [4.78, 5) is 35.2. The summed E-state index contributed by atoms with van der Waals surface area (Å²) in [5.74, 6) is -0.154. The molecule has 6 nitrogen and oxygen atoms in total. The Morgan fingerprint density at radius 3 is 2.95 bits per heavy atom. The third kappa shape index (κ3) is 2.12. The zero-order chi connectivity index (χ0) is 14.4. The van der Waals surface area contributed by atoms with Crippen LogP contribution in [0.2, 0.25) is 5.28 Å². The predicted octanol–water partition coefficient (Wildman–Crippen LogP) is 1.50. The molecule has 104 valence electrons. The number of halogens is 1. The van der Waals surface area contributed by atoms with Gasteiger partial charge in [-0.3, -0.25) is 14.9 Å². The van der Waals surface area contributed by atoms with Crippen molar-refractivity contribution in [1.82, 2.24) is 15.3 Å². The van der Waals surface area contributed by atoms with Gasteiger partial charge in [0.15, 0.2) is 0 Å². The second-order valence-corrected chi connectivity index (χ2v) is 6.18. The number of anilines is 1. The van der Waals surface area contributed by atoms with Gasteiger partial charge in [0, 0.05) is 4.88 Å². The summed E-state index contributed by atoms with van der Waals surface area (Å²) in [5.41, 5.74) is 0. The van der Waals surface area contributed by atoms with Gasteiger partial charge in [-0.15, -0.1) is 11.3 Å². The molecule has 3 rings (SSSR count). The fourth-order valence-corrected chi connectivity index (χ4v) is 3.28. The molecule has 1 aliphatic rings. The maximum atomic E-state index is 11.8. The Kier molecular flexibility index (Phi) is 3.10. The Morgan fingerprint density at radius 2 is 2.20 bits per heavy atom. The van der Waals surface area contributed by atoms with E-state index in [2.05, 4.69) is 15.3 Å². The third-order valence-electron chi connectivity index (χ3n) is 3.16. The van der Waals surface area contributed by atoms with Crippen LogP contribution in [0.1, 0.15) is 11.8 Å². The van der Waals surface area contributed by atoms with Crippen LogP contribution in [0.25, 0.3) is 10.2 Å². The van der Waals surface area contributed by atoms with E-state index in [1.54, 1.807) is 11.8 Å². The van der Waals surface area contributed by atoms with Gasteiger partial charge >= 0.3 is 0 Å². The normalized spacial score (nSPS) is 19.6. The van der Waals surface area contributed by atoms with Crippen molar-refractivity contribution in [2.24, 2.45) is 0 Å². The lowest BCUT2D eigenvalue weighted by molar-refractivity contribution is -0.132. The summed E-state index contributed by atoms with van der Waals surface area (Å²) in [6.45, 7) is 3.76. The monoisotopic (exact) mass is 310 g/mol. The first-order valence-corrected chi connectivity index (χ1v) is 7.19. The molecule has 1 atom stereocenters. The molecule has 1 saturated heterocycles. The van der Waals surface area contributed by atoms with Crippen molar-refractivity contribution in [3.8, 4) is 0 Å². The molecule has 2 aromatic rings. The third-order valence-corrected chi connectivity index (χ3v) is 4.28. The number of piperazine rings is 1. The van der Waals surface area contributed by atoms with Crippen LogP contribution in [0.3, 0.4) is 0 Å². The van der Waals surface area contributed by atoms with E-state index < -0.39 is 6.04 Å². The molecule has 1 unspecified atom stereocenters. The summed E-state index contributed by atoms with van der Waals surface area (Å²) < 4.78 is 0. The van der Waals surface area contributed by atoms with Crippen LogP contribution < -0.4 is 10.2 Å². The molecule has 0 saturated carbocycles. The highest BCUT2D eigenvalue weighted by molar-refractivity contribution is 7.18. The van der Waals surface area contributed by atoms with Gasteiger partial charge in [0.2, 0.25) is 17.1 Å². The molecule has 1 fully saturated rings. The summed E-state index contributed by atoms with van der Waals surface area (Å²) in [5, 5.41) is 3.23. The molecule has 1 N–H and O–H groups in total. The van der Waals surface area contributed by atoms with Gasteiger partial charge < -0.3 is 4.90 Å². The largest absolute Gasteiger partial charge is 0.335 e. The zero-order valence-corrected chi connectivity index (χ0v) is 12.4. The maximum Gasteiger partial charge on any atom is 0.249 e. The van der Waals surface area contributed by atoms with Crippen molar-refractivity contribution in [1.29, 1.82) is 0 Å². The Bertz CT molecular complexity index is 730. The number of imide groups is 1. The molecule has 2 amide bonds. The minimum absolute atomic E-state index is 0.0737. The average molecular weight is 311 g/mol. The molecule has 1 aliphatic heterocycles. The van der Waals surface area contributed by atoms with Crippen LogP contribution in [-0.4, -0.2) is 34.4 Å². The van der Waals surface area contributed by atoms with Crippen LogP contribution in [0, 0.1) is 6.92 Å². The van der Waals surface area contributed by atoms with Crippen molar-refractivity contribution < 1.29 is 9.59 Å². The Balaban J connectivity index is 2.17. The first-order valence-electron chi connectivity index (χ1n) is 5.99. The molecule has 20 heavy (non-hydrogen) atoms. The number of nitrogens with one attached hydrogen (secondary N) is 1. The molecular formula is C12H11ClN4O2S. The summed E-state index contributed by atoms with van der Waals surface area (Å²) in [6, 6.07) is 1.46. The van der Waals surface area contributed by atoms with Crippen LogP contribution >= 0.6 is 22.9 Å². The van der Waals surface area contributed by atoms with Crippen molar-refractivity contribution in [2.75, 3.05) is 11.4 Å². The minimum atomic E-state index is -0.484. The number of carbonyl (C=O) groups excluding carboxylic acids is 2. The molecule has 0 spiro atoms. The van der Waals surface area contributed by atoms with Crippen LogP contribution in [0.15, 0.2) is 6.07 Å². The van der Waals surface area contributed by atoms with Crippen molar-refractivity contribution >= 4 is 50.8 Å². The van der Waals surface area contributed by atoms with Gasteiger partial charge in [-0.25, -0.2) is 4.98 Å². The highest BCUT2D eigenvalue weighted by Gasteiger charge is 2.32. The fraction of sp³-hybridized carbons (Fsp3) is 0.333. The molecule has 0 bridgehead atoms. The summed E-state index contributed by atoms with van der Waals surface area (Å²) in [6.07, 6.45) is 0. The number of fused-ring (bicyclic) bond motifs is 1. The quantitative estimate of drug-likeness (QED) is 0.638. The lowest BCUT2D eigenvalue weighted by Gasteiger charge is -2.32. The molecule has 3 heterocycles. The smallest absolute Gasteiger partial charge is 0.249 e.